The van der Waals surface area contributed by atoms with Crippen LogP contribution in [0.4, 0.5) is 0 Å². The SMILES string of the molecule is CCC1NC(=O)C(C2CC2)N(CC2CC2)C1=O. The van der Waals surface area contributed by atoms with E-state index in [1.165, 1.54) is 12.8 Å². The van der Waals surface area contributed by atoms with E-state index in [4.69, 9.17) is 0 Å². The van der Waals surface area contributed by atoms with Crippen LogP contribution in [0.3, 0.4) is 0 Å². The van der Waals surface area contributed by atoms with Gasteiger partial charge in [-0.3, -0.25) is 9.59 Å². The molecule has 3 aliphatic rings. The number of nitrogens with one attached hydrogen (secondary N) is 1. The number of hydrogen-bond donors (Lipinski definition) is 1. The monoisotopic (exact) mass is 236 g/mol. The second kappa shape index (κ2) is 4.00. The van der Waals surface area contributed by atoms with E-state index < -0.39 is 0 Å². The van der Waals surface area contributed by atoms with Crippen LogP contribution in [-0.2, 0) is 9.59 Å². The summed E-state index contributed by atoms with van der Waals surface area (Å²) in [5.41, 5.74) is 0. The fraction of sp³-hybridized carbons (Fsp3) is 0.846. The van der Waals surface area contributed by atoms with E-state index in [0.717, 1.165) is 19.4 Å². The molecule has 4 heteroatoms. The molecule has 2 amide bonds. The second-order valence-electron chi connectivity index (χ2n) is 5.69. The van der Waals surface area contributed by atoms with Crippen LogP contribution < -0.4 is 5.32 Å². The van der Waals surface area contributed by atoms with Gasteiger partial charge in [0.25, 0.3) is 0 Å². The summed E-state index contributed by atoms with van der Waals surface area (Å²) in [5.74, 6) is 1.31. The highest BCUT2D eigenvalue weighted by Gasteiger charge is 2.48. The molecule has 2 aliphatic carbocycles. The summed E-state index contributed by atoms with van der Waals surface area (Å²) in [6.07, 6.45) is 5.34. The zero-order chi connectivity index (χ0) is 12.0. The molecule has 0 spiro atoms. The molecule has 2 atom stereocenters. The van der Waals surface area contributed by atoms with E-state index in [1.807, 2.05) is 11.8 Å². The van der Waals surface area contributed by atoms with Gasteiger partial charge < -0.3 is 10.2 Å². The van der Waals surface area contributed by atoms with Crippen LogP contribution in [0.25, 0.3) is 0 Å². The summed E-state index contributed by atoms with van der Waals surface area (Å²) >= 11 is 0. The lowest BCUT2D eigenvalue weighted by Gasteiger charge is -2.39. The van der Waals surface area contributed by atoms with E-state index >= 15 is 0 Å². The van der Waals surface area contributed by atoms with Gasteiger partial charge in [-0.2, -0.15) is 0 Å². The average molecular weight is 236 g/mol. The lowest BCUT2D eigenvalue weighted by Crippen LogP contribution is -2.64. The number of hydrogen-bond acceptors (Lipinski definition) is 2. The van der Waals surface area contributed by atoms with Gasteiger partial charge >= 0.3 is 0 Å². The standard InChI is InChI=1S/C13H20N2O2/c1-2-10-13(17)15(7-8-3-4-8)11(9-5-6-9)12(16)14-10/h8-11H,2-7H2,1H3,(H,14,16). The van der Waals surface area contributed by atoms with Crippen LogP contribution in [0.1, 0.15) is 39.0 Å². The number of carbonyl (C=O) groups is 2. The fourth-order valence-corrected chi connectivity index (χ4v) is 2.74. The van der Waals surface area contributed by atoms with E-state index in [9.17, 15) is 9.59 Å². The molecular formula is C13H20N2O2. The van der Waals surface area contributed by atoms with Gasteiger partial charge in [-0.1, -0.05) is 6.92 Å². The maximum absolute atomic E-state index is 12.3. The Morgan fingerprint density at radius 2 is 1.94 bits per heavy atom. The summed E-state index contributed by atoms with van der Waals surface area (Å²) in [6.45, 7) is 2.76. The van der Waals surface area contributed by atoms with Crippen molar-refractivity contribution in [3.63, 3.8) is 0 Å². The number of amides is 2. The summed E-state index contributed by atoms with van der Waals surface area (Å²) in [6, 6.07) is -0.442. The van der Waals surface area contributed by atoms with Crippen molar-refractivity contribution in [2.24, 2.45) is 11.8 Å². The molecule has 2 saturated carbocycles. The summed E-state index contributed by atoms with van der Waals surface area (Å²) in [4.78, 5) is 26.3. The van der Waals surface area contributed by atoms with Crippen molar-refractivity contribution < 1.29 is 9.59 Å². The van der Waals surface area contributed by atoms with Crippen LogP contribution in [0.2, 0.25) is 0 Å². The molecule has 1 N–H and O–H groups in total. The Bertz CT molecular complexity index is 347. The number of nitrogens with zero attached hydrogens (tertiary/aromatic N) is 1. The van der Waals surface area contributed by atoms with Gasteiger partial charge in [-0.15, -0.1) is 0 Å². The Morgan fingerprint density at radius 1 is 1.24 bits per heavy atom. The highest BCUT2D eigenvalue weighted by molar-refractivity contribution is 5.97. The molecule has 0 aromatic carbocycles. The smallest absolute Gasteiger partial charge is 0.245 e. The summed E-state index contributed by atoms with van der Waals surface area (Å²) in [5, 5.41) is 2.88. The van der Waals surface area contributed by atoms with Crippen molar-refractivity contribution in [1.29, 1.82) is 0 Å². The number of carbonyl (C=O) groups excluding carboxylic acids is 2. The summed E-state index contributed by atoms with van der Waals surface area (Å²) in [7, 11) is 0. The van der Waals surface area contributed by atoms with E-state index in [-0.39, 0.29) is 23.9 Å². The van der Waals surface area contributed by atoms with Crippen molar-refractivity contribution in [2.75, 3.05) is 6.54 Å². The second-order valence-corrected chi connectivity index (χ2v) is 5.69. The van der Waals surface area contributed by atoms with Crippen molar-refractivity contribution in [3.05, 3.63) is 0 Å². The van der Waals surface area contributed by atoms with Gasteiger partial charge in [0.15, 0.2) is 0 Å². The maximum atomic E-state index is 12.3. The molecule has 0 aromatic rings. The zero-order valence-corrected chi connectivity index (χ0v) is 10.3. The minimum Gasteiger partial charge on any atom is -0.343 e. The van der Waals surface area contributed by atoms with E-state index in [0.29, 0.717) is 18.3 Å². The van der Waals surface area contributed by atoms with Gasteiger partial charge in [-0.25, -0.2) is 0 Å². The van der Waals surface area contributed by atoms with E-state index in [2.05, 4.69) is 5.32 Å². The largest absolute Gasteiger partial charge is 0.343 e. The molecule has 1 aliphatic heterocycles. The minimum absolute atomic E-state index is 0.0830. The van der Waals surface area contributed by atoms with Gasteiger partial charge in [0.1, 0.15) is 12.1 Å². The fourth-order valence-electron chi connectivity index (χ4n) is 2.74. The highest BCUT2D eigenvalue weighted by Crippen LogP contribution is 2.39. The Kier molecular flexibility index (Phi) is 2.60. The minimum atomic E-state index is -0.281. The molecule has 0 radical (unpaired) electrons. The maximum Gasteiger partial charge on any atom is 0.245 e. The zero-order valence-electron chi connectivity index (χ0n) is 10.3. The lowest BCUT2D eigenvalue weighted by molar-refractivity contribution is -0.150. The Labute approximate surface area is 102 Å². The van der Waals surface area contributed by atoms with Crippen molar-refractivity contribution in [1.82, 2.24) is 10.2 Å². The quantitative estimate of drug-likeness (QED) is 0.789. The average Bonchev–Trinajstić information content (AvgIpc) is 3.15. The van der Waals surface area contributed by atoms with Crippen LogP contribution in [0.15, 0.2) is 0 Å². The van der Waals surface area contributed by atoms with Crippen molar-refractivity contribution in [2.45, 2.75) is 51.1 Å². The predicted molar refractivity (Wildman–Crippen MR) is 63.2 cm³/mol. The normalized spacial score (nSPS) is 33.8. The third-order valence-electron chi connectivity index (χ3n) is 4.13. The van der Waals surface area contributed by atoms with Gasteiger partial charge in [0.05, 0.1) is 0 Å². The lowest BCUT2D eigenvalue weighted by atomic mass is 10.0. The van der Waals surface area contributed by atoms with Gasteiger partial charge in [0, 0.05) is 6.54 Å². The van der Waals surface area contributed by atoms with Crippen LogP contribution in [-0.4, -0.2) is 35.3 Å². The first kappa shape index (κ1) is 11.1. The first-order valence-electron chi connectivity index (χ1n) is 6.81. The predicted octanol–water partition coefficient (Wildman–Crippen LogP) is 0.912. The van der Waals surface area contributed by atoms with Crippen LogP contribution in [0, 0.1) is 11.8 Å². The van der Waals surface area contributed by atoms with Crippen LogP contribution in [0.5, 0.6) is 0 Å². The number of piperazine rings is 1. The molecule has 1 saturated heterocycles. The van der Waals surface area contributed by atoms with Crippen LogP contribution >= 0.6 is 0 Å². The van der Waals surface area contributed by atoms with Crippen molar-refractivity contribution >= 4 is 11.8 Å². The Balaban J connectivity index is 1.79. The Morgan fingerprint density at radius 3 is 2.47 bits per heavy atom. The summed E-state index contributed by atoms with van der Waals surface area (Å²) < 4.78 is 0. The molecular weight excluding hydrogens is 216 g/mol. The molecule has 3 rings (SSSR count). The highest BCUT2D eigenvalue weighted by atomic mass is 16.2. The van der Waals surface area contributed by atoms with E-state index in [1.54, 1.807) is 0 Å². The molecule has 17 heavy (non-hydrogen) atoms. The molecule has 0 bridgehead atoms. The molecule has 1 heterocycles. The Hall–Kier alpha value is -1.06. The molecule has 4 nitrogen and oxygen atoms in total. The number of rotatable bonds is 4. The third-order valence-corrected chi connectivity index (χ3v) is 4.13. The van der Waals surface area contributed by atoms with Gasteiger partial charge in [0.2, 0.25) is 11.8 Å². The third kappa shape index (κ3) is 2.05. The molecule has 94 valence electrons. The van der Waals surface area contributed by atoms with Crippen molar-refractivity contribution in [3.8, 4) is 0 Å². The molecule has 0 aromatic heterocycles. The molecule has 3 fully saturated rings. The first-order chi connectivity index (χ1) is 8.20. The molecule has 2 unspecified atom stereocenters. The first-order valence-corrected chi connectivity index (χ1v) is 6.81. The van der Waals surface area contributed by atoms with Gasteiger partial charge in [-0.05, 0) is 43.9 Å². The topological polar surface area (TPSA) is 49.4 Å².